The minimum Gasteiger partial charge on any atom is -0.358 e. The smallest absolute Gasteiger partial charge is 0.358 e. The molecular formula is C5H8N2O3. The average Bonchev–Trinajstić information content (AvgIpc) is 2.10. The van der Waals surface area contributed by atoms with Gasteiger partial charge in [-0.3, -0.25) is 4.84 Å². The zero-order chi connectivity index (χ0) is 7.78. The van der Waals surface area contributed by atoms with Crippen molar-refractivity contribution in [1.29, 1.82) is 0 Å². The second kappa shape index (κ2) is 1.93. The molecule has 5 nitrogen and oxygen atoms in total. The van der Waals surface area contributed by atoms with Crippen molar-refractivity contribution in [3.05, 3.63) is 10.1 Å². The molecule has 0 N–H and O–H groups in total. The van der Waals surface area contributed by atoms with E-state index in [9.17, 15) is 10.1 Å². The van der Waals surface area contributed by atoms with E-state index in [1.165, 1.54) is 0 Å². The van der Waals surface area contributed by atoms with Gasteiger partial charge in [0.2, 0.25) is 0 Å². The predicted octanol–water partition coefficient (Wildman–Crippen LogP) is 0.776. The third-order valence-corrected chi connectivity index (χ3v) is 1.19. The van der Waals surface area contributed by atoms with Gasteiger partial charge in [0.1, 0.15) is 6.42 Å². The van der Waals surface area contributed by atoms with Crippen LogP contribution in [0.25, 0.3) is 0 Å². The minimum atomic E-state index is -0.519. The lowest BCUT2D eigenvalue weighted by Crippen LogP contribution is -2.21. The summed E-state index contributed by atoms with van der Waals surface area (Å²) in [5, 5.41) is 13.4. The normalized spacial score (nSPS) is 21.6. The van der Waals surface area contributed by atoms with Crippen LogP contribution in [0.3, 0.4) is 0 Å². The quantitative estimate of drug-likeness (QED) is 0.372. The molecule has 5 heteroatoms. The highest BCUT2D eigenvalue weighted by atomic mass is 16.7. The topological polar surface area (TPSA) is 64.7 Å². The zero-order valence-electron chi connectivity index (χ0n) is 5.83. The standard InChI is InChI=1S/C5H8N2O3/c1-5(2)3-4(6-10-5)7(8)9/h3H2,1-2H3. The molecule has 0 aliphatic carbocycles. The molecule has 0 saturated carbocycles. The number of nitro groups is 1. The molecule has 0 aromatic carbocycles. The minimum absolute atomic E-state index is 0.0926. The predicted molar refractivity (Wildman–Crippen MR) is 34.2 cm³/mol. The second-order valence-corrected chi connectivity index (χ2v) is 2.79. The molecule has 1 aliphatic rings. The Hall–Kier alpha value is -1.13. The zero-order valence-corrected chi connectivity index (χ0v) is 5.83. The van der Waals surface area contributed by atoms with E-state index in [1.807, 2.05) is 0 Å². The fourth-order valence-electron chi connectivity index (χ4n) is 0.719. The number of hydrogen-bond acceptors (Lipinski definition) is 4. The van der Waals surface area contributed by atoms with Crippen LogP contribution in [0, 0.1) is 10.1 Å². The van der Waals surface area contributed by atoms with Gasteiger partial charge in [-0.05, 0) is 18.8 Å². The Bertz CT molecular complexity index is 197. The van der Waals surface area contributed by atoms with Crippen molar-refractivity contribution in [2.75, 3.05) is 0 Å². The van der Waals surface area contributed by atoms with Crippen molar-refractivity contribution in [2.45, 2.75) is 25.9 Å². The third kappa shape index (κ3) is 1.23. The van der Waals surface area contributed by atoms with Crippen molar-refractivity contribution in [3.63, 3.8) is 0 Å². The molecule has 0 aromatic heterocycles. The molecule has 56 valence electrons. The lowest BCUT2D eigenvalue weighted by Gasteiger charge is -2.07. The van der Waals surface area contributed by atoms with Gasteiger partial charge < -0.3 is 10.1 Å². The van der Waals surface area contributed by atoms with Crippen LogP contribution in [0.2, 0.25) is 0 Å². The number of rotatable bonds is 0. The second-order valence-electron chi connectivity index (χ2n) is 2.79. The van der Waals surface area contributed by atoms with Gasteiger partial charge in [0.15, 0.2) is 10.8 Å². The highest BCUT2D eigenvalue weighted by Gasteiger charge is 2.38. The molecule has 0 saturated heterocycles. The van der Waals surface area contributed by atoms with E-state index in [0.29, 0.717) is 0 Å². The third-order valence-electron chi connectivity index (χ3n) is 1.19. The van der Waals surface area contributed by atoms with E-state index in [1.54, 1.807) is 13.8 Å². The molecule has 0 bridgehead atoms. The Labute approximate surface area is 57.8 Å². The lowest BCUT2D eigenvalue weighted by molar-refractivity contribution is -0.353. The summed E-state index contributed by atoms with van der Waals surface area (Å²) in [5.74, 6) is -0.0926. The van der Waals surface area contributed by atoms with Crippen LogP contribution in [0.1, 0.15) is 20.3 Å². The van der Waals surface area contributed by atoms with Crippen molar-refractivity contribution in [2.24, 2.45) is 5.16 Å². The van der Waals surface area contributed by atoms with E-state index in [4.69, 9.17) is 4.84 Å². The molecule has 0 fully saturated rings. The Balaban J connectivity index is 2.64. The van der Waals surface area contributed by atoms with Gasteiger partial charge in [-0.2, -0.15) is 0 Å². The van der Waals surface area contributed by atoms with Gasteiger partial charge >= 0.3 is 5.84 Å². The van der Waals surface area contributed by atoms with E-state index >= 15 is 0 Å². The highest BCUT2D eigenvalue weighted by molar-refractivity contribution is 5.75. The first-order valence-electron chi connectivity index (χ1n) is 2.91. The summed E-state index contributed by atoms with van der Waals surface area (Å²) < 4.78 is 0. The summed E-state index contributed by atoms with van der Waals surface area (Å²) in [4.78, 5) is 14.3. The molecular weight excluding hydrogens is 136 g/mol. The number of hydrogen-bond donors (Lipinski definition) is 0. The summed E-state index contributed by atoms with van der Waals surface area (Å²) >= 11 is 0. The number of oxime groups is 1. The summed E-state index contributed by atoms with van der Waals surface area (Å²) in [5.41, 5.74) is -0.498. The van der Waals surface area contributed by atoms with E-state index in [0.717, 1.165) is 0 Å². The van der Waals surface area contributed by atoms with Crippen LogP contribution in [0.4, 0.5) is 0 Å². The highest BCUT2D eigenvalue weighted by Crippen LogP contribution is 2.21. The summed E-state index contributed by atoms with van der Waals surface area (Å²) in [6.07, 6.45) is 0.278. The Morgan fingerprint density at radius 1 is 1.80 bits per heavy atom. The van der Waals surface area contributed by atoms with E-state index in [2.05, 4.69) is 5.16 Å². The maximum atomic E-state index is 10.1. The van der Waals surface area contributed by atoms with Gasteiger partial charge in [-0.25, -0.2) is 0 Å². The number of amidine groups is 1. The fraction of sp³-hybridized carbons (Fsp3) is 0.800. The first-order chi connectivity index (χ1) is 4.51. The molecule has 0 aromatic rings. The van der Waals surface area contributed by atoms with Gasteiger partial charge in [0, 0.05) is 0 Å². The Morgan fingerprint density at radius 2 is 2.40 bits per heavy atom. The Kier molecular flexibility index (Phi) is 1.35. The lowest BCUT2D eigenvalue weighted by atomic mass is 10.1. The van der Waals surface area contributed by atoms with Crippen LogP contribution >= 0.6 is 0 Å². The molecule has 0 amide bonds. The molecule has 1 rings (SSSR count). The van der Waals surface area contributed by atoms with Crippen LogP contribution in [0.15, 0.2) is 5.16 Å². The molecule has 0 atom stereocenters. The van der Waals surface area contributed by atoms with Crippen LogP contribution in [-0.4, -0.2) is 16.4 Å². The van der Waals surface area contributed by atoms with Crippen molar-refractivity contribution < 1.29 is 9.76 Å². The van der Waals surface area contributed by atoms with Crippen LogP contribution in [0.5, 0.6) is 0 Å². The average molecular weight is 144 g/mol. The largest absolute Gasteiger partial charge is 0.389 e. The molecule has 0 unspecified atom stereocenters. The fourth-order valence-corrected chi connectivity index (χ4v) is 0.719. The first kappa shape index (κ1) is 6.98. The monoisotopic (exact) mass is 144 g/mol. The molecule has 1 heterocycles. The van der Waals surface area contributed by atoms with Crippen LogP contribution in [-0.2, 0) is 4.84 Å². The van der Waals surface area contributed by atoms with Crippen molar-refractivity contribution >= 4 is 5.84 Å². The number of nitrogens with zero attached hydrogens (tertiary/aromatic N) is 2. The van der Waals surface area contributed by atoms with Crippen molar-refractivity contribution in [3.8, 4) is 0 Å². The maximum absolute atomic E-state index is 10.1. The molecule has 0 spiro atoms. The van der Waals surface area contributed by atoms with Crippen LogP contribution < -0.4 is 0 Å². The van der Waals surface area contributed by atoms with Gasteiger partial charge in [0.25, 0.3) is 0 Å². The van der Waals surface area contributed by atoms with E-state index in [-0.39, 0.29) is 12.3 Å². The summed E-state index contributed by atoms with van der Waals surface area (Å²) in [7, 11) is 0. The van der Waals surface area contributed by atoms with Gasteiger partial charge in [-0.15, -0.1) is 0 Å². The SMILES string of the molecule is CC1(C)CC([N+](=O)[O-])=NO1. The first-order valence-corrected chi connectivity index (χ1v) is 2.91. The Morgan fingerprint density at radius 3 is 2.60 bits per heavy atom. The van der Waals surface area contributed by atoms with Gasteiger partial charge in [0.05, 0.1) is 0 Å². The molecule has 0 radical (unpaired) electrons. The molecule has 1 aliphatic heterocycles. The summed E-state index contributed by atoms with van der Waals surface area (Å²) in [6.45, 7) is 3.51. The molecule has 10 heavy (non-hydrogen) atoms. The van der Waals surface area contributed by atoms with Gasteiger partial charge in [-0.1, -0.05) is 0 Å². The maximum Gasteiger partial charge on any atom is 0.389 e. The van der Waals surface area contributed by atoms with Crippen molar-refractivity contribution in [1.82, 2.24) is 0 Å². The van der Waals surface area contributed by atoms with E-state index < -0.39 is 10.5 Å². The summed E-state index contributed by atoms with van der Waals surface area (Å²) in [6, 6.07) is 0.